The Morgan fingerprint density at radius 2 is 2.56 bits per heavy atom. The summed E-state index contributed by atoms with van der Waals surface area (Å²) in [7, 11) is 0. The van der Waals surface area contributed by atoms with Gasteiger partial charge in [-0.3, -0.25) is 4.79 Å². The van der Waals surface area contributed by atoms with Crippen molar-refractivity contribution in [1.29, 1.82) is 0 Å². The highest BCUT2D eigenvalue weighted by atomic mass is 16.5. The van der Waals surface area contributed by atoms with Crippen LogP contribution in [0.25, 0.3) is 0 Å². The van der Waals surface area contributed by atoms with Crippen LogP contribution in [-0.2, 0) is 9.53 Å². The first kappa shape index (κ1) is 6.33. The lowest BCUT2D eigenvalue weighted by Crippen LogP contribution is -2.09. The van der Waals surface area contributed by atoms with Crippen LogP contribution in [0.5, 0.6) is 0 Å². The zero-order valence-electron chi connectivity index (χ0n) is 5.25. The third-order valence-electron chi connectivity index (χ3n) is 1.36. The molecule has 50 valence electrons. The van der Waals surface area contributed by atoms with Gasteiger partial charge in [0.2, 0.25) is 0 Å². The molecular weight excluding hydrogens is 116 g/mol. The van der Waals surface area contributed by atoms with E-state index in [2.05, 4.69) is 0 Å². The minimum Gasteiger partial charge on any atom is -0.491 e. The highest BCUT2D eigenvalue weighted by Crippen LogP contribution is 2.08. The van der Waals surface area contributed by atoms with E-state index in [1.165, 1.54) is 0 Å². The molecular formula is C7H10O2. The number of carbonyl (C=O) groups excluding carboxylic acids is 1. The van der Waals surface area contributed by atoms with Crippen LogP contribution in [0.2, 0.25) is 0 Å². The van der Waals surface area contributed by atoms with Crippen LogP contribution in [-0.4, -0.2) is 12.4 Å². The van der Waals surface area contributed by atoms with Gasteiger partial charge in [-0.25, -0.2) is 0 Å². The number of rotatable bonds is 1. The van der Waals surface area contributed by atoms with Crippen molar-refractivity contribution in [1.82, 2.24) is 0 Å². The van der Waals surface area contributed by atoms with Crippen LogP contribution in [0.15, 0.2) is 12.3 Å². The van der Waals surface area contributed by atoms with Gasteiger partial charge in [-0.2, -0.15) is 0 Å². The maximum absolute atomic E-state index is 10.2. The molecule has 1 heterocycles. The molecule has 0 aromatic rings. The number of carbonyl (C=O) groups is 1. The summed E-state index contributed by atoms with van der Waals surface area (Å²) in [5, 5.41) is 0. The number of hydrogen-bond donors (Lipinski definition) is 0. The van der Waals surface area contributed by atoms with E-state index in [1.54, 1.807) is 6.26 Å². The standard InChI is InChI=1S/C7H10O2/c8-6-7-4-2-1-3-5-9-7/h3,5-7H,1-2,4H2. The predicted molar refractivity (Wildman–Crippen MR) is 33.9 cm³/mol. The van der Waals surface area contributed by atoms with E-state index in [-0.39, 0.29) is 6.10 Å². The maximum atomic E-state index is 10.2. The summed E-state index contributed by atoms with van der Waals surface area (Å²) >= 11 is 0. The number of hydrogen-bond acceptors (Lipinski definition) is 2. The molecule has 0 radical (unpaired) electrons. The first-order valence-electron chi connectivity index (χ1n) is 3.19. The van der Waals surface area contributed by atoms with Crippen molar-refractivity contribution in [2.45, 2.75) is 25.4 Å². The average molecular weight is 126 g/mol. The van der Waals surface area contributed by atoms with Crippen molar-refractivity contribution in [3.63, 3.8) is 0 Å². The summed E-state index contributed by atoms with van der Waals surface area (Å²) in [4.78, 5) is 10.2. The molecule has 0 amide bonds. The molecule has 2 nitrogen and oxygen atoms in total. The number of allylic oxidation sites excluding steroid dienone is 1. The lowest BCUT2D eigenvalue weighted by molar-refractivity contribution is -0.115. The van der Waals surface area contributed by atoms with Gasteiger partial charge < -0.3 is 4.74 Å². The fourth-order valence-electron chi connectivity index (χ4n) is 0.830. The van der Waals surface area contributed by atoms with Gasteiger partial charge in [0.1, 0.15) is 0 Å². The summed E-state index contributed by atoms with van der Waals surface area (Å²) < 4.78 is 5.00. The van der Waals surface area contributed by atoms with E-state index in [0.717, 1.165) is 25.5 Å². The Hall–Kier alpha value is -0.790. The van der Waals surface area contributed by atoms with Crippen molar-refractivity contribution in [2.75, 3.05) is 0 Å². The minimum absolute atomic E-state index is 0.191. The van der Waals surface area contributed by atoms with Gasteiger partial charge in [-0.05, 0) is 25.3 Å². The van der Waals surface area contributed by atoms with E-state index >= 15 is 0 Å². The van der Waals surface area contributed by atoms with Crippen molar-refractivity contribution in [2.24, 2.45) is 0 Å². The molecule has 0 fully saturated rings. The first-order valence-corrected chi connectivity index (χ1v) is 3.19. The summed E-state index contributed by atoms with van der Waals surface area (Å²) in [6.07, 6.45) is 7.18. The second-order valence-corrected chi connectivity index (χ2v) is 2.11. The van der Waals surface area contributed by atoms with Crippen molar-refractivity contribution < 1.29 is 9.53 Å². The summed E-state index contributed by atoms with van der Waals surface area (Å²) in [6, 6.07) is 0. The van der Waals surface area contributed by atoms with Crippen LogP contribution in [0.4, 0.5) is 0 Å². The van der Waals surface area contributed by atoms with Crippen LogP contribution in [0.1, 0.15) is 19.3 Å². The molecule has 2 heteroatoms. The Kier molecular flexibility index (Phi) is 2.31. The molecule has 0 aromatic carbocycles. The third kappa shape index (κ3) is 1.88. The summed E-state index contributed by atoms with van der Waals surface area (Å²) in [5.74, 6) is 0. The second-order valence-electron chi connectivity index (χ2n) is 2.11. The van der Waals surface area contributed by atoms with E-state index < -0.39 is 0 Å². The van der Waals surface area contributed by atoms with Gasteiger partial charge in [-0.15, -0.1) is 0 Å². The Labute approximate surface area is 54.5 Å². The quantitative estimate of drug-likeness (QED) is 0.494. The zero-order valence-corrected chi connectivity index (χ0v) is 5.25. The maximum Gasteiger partial charge on any atom is 0.160 e. The Bertz CT molecular complexity index is 118. The topological polar surface area (TPSA) is 26.3 Å². The summed E-state index contributed by atoms with van der Waals surface area (Å²) in [6.45, 7) is 0. The molecule has 1 unspecified atom stereocenters. The van der Waals surface area contributed by atoms with E-state index in [1.807, 2.05) is 6.08 Å². The molecule has 9 heavy (non-hydrogen) atoms. The zero-order chi connectivity index (χ0) is 6.53. The molecule has 0 N–H and O–H groups in total. The number of ether oxygens (including phenoxy) is 1. The van der Waals surface area contributed by atoms with Crippen LogP contribution in [0.3, 0.4) is 0 Å². The van der Waals surface area contributed by atoms with Gasteiger partial charge >= 0.3 is 0 Å². The SMILES string of the molecule is O=CC1CCCC=CO1. The molecule has 0 saturated heterocycles. The molecule has 0 spiro atoms. The van der Waals surface area contributed by atoms with E-state index in [9.17, 15) is 4.79 Å². The monoisotopic (exact) mass is 126 g/mol. The van der Waals surface area contributed by atoms with Crippen molar-refractivity contribution in [3.8, 4) is 0 Å². The second kappa shape index (κ2) is 3.28. The van der Waals surface area contributed by atoms with Gasteiger partial charge in [0.05, 0.1) is 6.26 Å². The van der Waals surface area contributed by atoms with E-state index in [0.29, 0.717) is 0 Å². The Morgan fingerprint density at radius 1 is 1.67 bits per heavy atom. The molecule has 1 atom stereocenters. The molecule has 0 aliphatic carbocycles. The molecule has 1 aliphatic heterocycles. The fourth-order valence-corrected chi connectivity index (χ4v) is 0.830. The molecule has 0 bridgehead atoms. The lowest BCUT2D eigenvalue weighted by atomic mass is 10.2. The van der Waals surface area contributed by atoms with Crippen LogP contribution in [0, 0.1) is 0 Å². The van der Waals surface area contributed by atoms with Gasteiger partial charge in [0, 0.05) is 0 Å². The van der Waals surface area contributed by atoms with Crippen LogP contribution >= 0.6 is 0 Å². The molecule has 1 aliphatic rings. The van der Waals surface area contributed by atoms with Crippen molar-refractivity contribution >= 4 is 6.29 Å². The molecule has 0 aromatic heterocycles. The highest BCUT2D eigenvalue weighted by molar-refractivity contribution is 5.56. The van der Waals surface area contributed by atoms with Crippen LogP contribution < -0.4 is 0 Å². The van der Waals surface area contributed by atoms with Gasteiger partial charge in [0.25, 0.3) is 0 Å². The highest BCUT2D eigenvalue weighted by Gasteiger charge is 2.06. The predicted octanol–water partition coefficient (Wildman–Crippen LogP) is 1.27. The Balaban J connectivity index is 2.37. The van der Waals surface area contributed by atoms with Crippen molar-refractivity contribution in [3.05, 3.63) is 12.3 Å². The first-order chi connectivity index (χ1) is 4.43. The van der Waals surface area contributed by atoms with Gasteiger partial charge in [-0.1, -0.05) is 0 Å². The largest absolute Gasteiger partial charge is 0.491 e. The average Bonchev–Trinajstić information content (AvgIpc) is 2.13. The van der Waals surface area contributed by atoms with E-state index in [4.69, 9.17) is 4.74 Å². The fraction of sp³-hybridized carbons (Fsp3) is 0.571. The molecule has 1 rings (SSSR count). The van der Waals surface area contributed by atoms with Gasteiger partial charge in [0.15, 0.2) is 12.4 Å². The Morgan fingerprint density at radius 3 is 3.33 bits per heavy atom. The summed E-state index contributed by atoms with van der Waals surface area (Å²) in [5.41, 5.74) is 0. The third-order valence-corrected chi connectivity index (χ3v) is 1.36. The molecule has 0 saturated carbocycles. The number of aldehydes is 1. The lowest BCUT2D eigenvalue weighted by Gasteiger charge is -2.04. The smallest absolute Gasteiger partial charge is 0.160 e. The normalized spacial score (nSPS) is 26.4. The minimum atomic E-state index is -0.191.